The molecule has 0 aromatic heterocycles. The lowest BCUT2D eigenvalue weighted by molar-refractivity contribution is 0.112. The molecule has 0 atom stereocenters. The molecule has 0 unspecified atom stereocenters. The lowest BCUT2D eigenvalue weighted by Gasteiger charge is -2.16. The molecule has 104 valence electrons. The van der Waals surface area contributed by atoms with Gasteiger partial charge in [-0.15, -0.1) is 0 Å². The van der Waals surface area contributed by atoms with Crippen molar-refractivity contribution in [2.24, 2.45) is 0 Å². The highest BCUT2D eigenvalue weighted by Crippen LogP contribution is 2.44. The van der Waals surface area contributed by atoms with Gasteiger partial charge in [0.1, 0.15) is 0 Å². The number of hydrogen-bond acceptors (Lipinski definition) is 4. The molecule has 0 fully saturated rings. The van der Waals surface area contributed by atoms with E-state index in [1.807, 2.05) is 24.3 Å². The smallest absolute Gasteiger partial charge is 0.203 e. The molecule has 20 heavy (non-hydrogen) atoms. The Balaban J connectivity index is 2.71. The van der Waals surface area contributed by atoms with Crippen molar-refractivity contribution in [1.82, 2.24) is 0 Å². The molecule has 0 heterocycles. The summed E-state index contributed by atoms with van der Waals surface area (Å²) in [6, 6.07) is 11.0. The van der Waals surface area contributed by atoms with Gasteiger partial charge in [-0.05, 0) is 17.7 Å². The van der Waals surface area contributed by atoms with E-state index in [4.69, 9.17) is 14.2 Å². The van der Waals surface area contributed by atoms with Crippen LogP contribution >= 0.6 is 0 Å². The molecule has 0 spiro atoms. The summed E-state index contributed by atoms with van der Waals surface area (Å²) in [5.74, 6) is 1.63. The van der Waals surface area contributed by atoms with Crippen LogP contribution in [0.5, 0.6) is 17.2 Å². The Kier molecular flexibility index (Phi) is 4.25. The number of carbonyl (C=O) groups excluding carboxylic acids is 1. The van der Waals surface area contributed by atoms with E-state index in [1.165, 1.54) is 0 Å². The SMILES string of the molecule is COc1ccc(-c2ccccc2C=O)c(OC)c1OC. The summed E-state index contributed by atoms with van der Waals surface area (Å²) in [7, 11) is 4.68. The first-order chi connectivity index (χ1) is 9.76. The van der Waals surface area contributed by atoms with Crippen molar-refractivity contribution in [3.63, 3.8) is 0 Å². The van der Waals surface area contributed by atoms with E-state index in [2.05, 4.69) is 0 Å². The second kappa shape index (κ2) is 6.10. The van der Waals surface area contributed by atoms with Gasteiger partial charge in [0.2, 0.25) is 5.75 Å². The number of hydrogen-bond donors (Lipinski definition) is 0. The Morgan fingerprint density at radius 3 is 2.10 bits per heavy atom. The minimum Gasteiger partial charge on any atom is -0.493 e. The summed E-state index contributed by atoms with van der Waals surface area (Å²) in [4.78, 5) is 11.2. The summed E-state index contributed by atoms with van der Waals surface area (Å²) in [5, 5.41) is 0. The molecule has 0 N–H and O–H groups in total. The topological polar surface area (TPSA) is 44.8 Å². The second-order valence-electron chi connectivity index (χ2n) is 4.09. The van der Waals surface area contributed by atoms with Gasteiger partial charge in [-0.2, -0.15) is 0 Å². The zero-order chi connectivity index (χ0) is 14.5. The van der Waals surface area contributed by atoms with E-state index in [1.54, 1.807) is 33.5 Å². The van der Waals surface area contributed by atoms with Crippen molar-refractivity contribution in [2.45, 2.75) is 0 Å². The van der Waals surface area contributed by atoms with Crippen molar-refractivity contribution in [3.05, 3.63) is 42.0 Å². The molecule has 2 aromatic rings. The standard InChI is InChI=1S/C16H16O4/c1-18-14-9-8-13(15(19-2)16(14)20-3)12-7-5-4-6-11(12)10-17/h4-10H,1-3H3. The third kappa shape index (κ3) is 2.32. The maximum Gasteiger partial charge on any atom is 0.203 e. The largest absolute Gasteiger partial charge is 0.493 e. The number of rotatable bonds is 5. The Morgan fingerprint density at radius 1 is 0.800 bits per heavy atom. The van der Waals surface area contributed by atoms with Crippen molar-refractivity contribution in [3.8, 4) is 28.4 Å². The number of aldehydes is 1. The predicted molar refractivity (Wildman–Crippen MR) is 76.9 cm³/mol. The van der Waals surface area contributed by atoms with Crippen LogP contribution in [0.15, 0.2) is 36.4 Å². The lowest BCUT2D eigenvalue weighted by atomic mass is 9.99. The highest BCUT2D eigenvalue weighted by molar-refractivity contribution is 5.90. The third-order valence-corrected chi connectivity index (χ3v) is 3.08. The fraction of sp³-hybridized carbons (Fsp3) is 0.188. The maximum atomic E-state index is 11.2. The molecule has 0 bridgehead atoms. The van der Waals surface area contributed by atoms with Gasteiger partial charge >= 0.3 is 0 Å². The molecule has 4 heteroatoms. The van der Waals surface area contributed by atoms with Gasteiger partial charge in [0.25, 0.3) is 0 Å². The minimum atomic E-state index is 0.508. The first kappa shape index (κ1) is 13.9. The Hall–Kier alpha value is -2.49. The van der Waals surface area contributed by atoms with Gasteiger partial charge in [0.15, 0.2) is 17.8 Å². The van der Waals surface area contributed by atoms with Gasteiger partial charge < -0.3 is 14.2 Å². The molecule has 4 nitrogen and oxygen atoms in total. The third-order valence-electron chi connectivity index (χ3n) is 3.08. The Morgan fingerprint density at radius 2 is 1.50 bits per heavy atom. The van der Waals surface area contributed by atoms with Gasteiger partial charge in [0, 0.05) is 11.1 Å². The van der Waals surface area contributed by atoms with Crippen LogP contribution in [0.3, 0.4) is 0 Å². The van der Waals surface area contributed by atoms with Crippen LogP contribution in [0.25, 0.3) is 11.1 Å². The molecular formula is C16H16O4. The number of ether oxygens (including phenoxy) is 3. The van der Waals surface area contributed by atoms with Gasteiger partial charge in [0.05, 0.1) is 21.3 Å². The molecule has 2 rings (SSSR count). The Labute approximate surface area is 117 Å². The van der Waals surface area contributed by atoms with Gasteiger partial charge in [-0.25, -0.2) is 0 Å². The maximum absolute atomic E-state index is 11.2. The van der Waals surface area contributed by atoms with Crippen molar-refractivity contribution >= 4 is 6.29 Å². The zero-order valence-electron chi connectivity index (χ0n) is 11.7. The number of methoxy groups -OCH3 is 3. The first-order valence-corrected chi connectivity index (χ1v) is 6.10. The van der Waals surface area contributed by atoms with Crippen LogP contribution < -0.4 is 14.2 Å². The minimum absolute atomic E-state index is 0.508. The molecule has 0 amide bonds. The van der Waals surface area contributed by atoms with Crippen LogP contribution in [0.1, 0.15) is 10.4 Å². The molecule has 2 aromatic carbocycles. The summed E-state index contributed by atoms with van der Waals surface area (Å²) >= 11 is 0. The van der Waals surface area contributed by atoms with E-state index in [-0.39, 0.29) is 0 Å². The van der Waals surface area contributed by atoms with E-state index < -0.39 is 0 Å². The fourth-order valence-corrected chi connectivity index (χ4v) is 2.16. The summed E-state index contributed by atoms with van der Waals surface area (Å²) in [6.45, 7) is 0. The molecular weight excluding hydrogens is 256 g/mol. The lowest BCUT2D eigenvalue weighted by Crippen LogP contribution is -1.98. The van der Waals surface area contributed by atoms with Crippen LogP contribution in [0.2, 0.25) is 0 Å². The van der Waals surface area contributed by atoms with E-state index in [0.717, 1.165) is 17.4 Å². The van der Waals surface area contributed by atoms with E-state index in [0.29, 0.717) is 22.8 Å². The van der Waals surface area contributed by atoms with E-state index >= 15 is 0 Å². The predicted octanol–water partition coefficient (Wildman–Crippen LogP) is 3.19. The highest BCUT2D eigenvalue weighted by atomic mass is 16.5. The van der Waals surface area contributed by atoms with Crippen molar-refractivity contribution in [1.29, 1.82) is 0 Å². The normalized spacial score (nSPS) is 9.95. The molecule has 0 saturated heterocycles. The molecule has 0 saturated carbocycles. The summed E-state index contributed by atoms with van der Waals surface area (Å²) in [5.41, 5.74) is 2.17. The summed E-state index contributed by atoms with van der Waals surface area (Å²) in [6.07, 6.45) is 0.825. The van der Waals surface area contributed by atoms with Crippen LogP contribution in [0.4, 0.5) is 0 Å². The number of benzene rings is 2. The van der Waals surface area contributed by atoms with Crippen LogP contribution in [0, 0.1) is 0 Å². The second-order valence-corrected chi connectivity index (χ2v) is 4.09. The van der Waals surface area contributed by atoms with Gasteiger partial charge in [-0.3, -0.25) is 4.79 Å². The van der Waals surface area contributed by atoms with E-state index in [9.17, 15) is 4.79 Å². The quantitative estimate of drug-likeness (QED) is 0.784. The summed E-state index contributed by atoms with van der Waals surface area (Å²) < 4.78 is 16.1. The average Bonchev–Trinajstić information content (AvgIpc) is 2.53. The monoisotopic (exact) mass is 272 g/mol. The fourth-order valence-electron chi connectivity index (χ4n) is 2.16. The molecule has 0 aliphatic rings. The Bertz CT molecular complexity index is 620. The first-order valence-electron chi connectivity index (χ1n) is 6.10. The van der Waals surface area contributed by atoms with Crippen LogP contribution in [-0.4, -0.2) is 27.6 Å². The molecule has 0 radical (unpaired) electrons. The molecule has 0 aliphatic carbocycles. The van der Waals surface area contributed by atoms with Crippen LogP contribution in [-0.2, 0) is 0 Å². The number of carbonyl (C=O) groups is 1. The average molecular weight is 272 g/mol. The zero-order valence-corrected chi connectivity index (χ0v) is 11.7. The van der Waals surface area contributed by atoms with Crippen molar-refractivity contribution < 1.29 is 19.0 Å². The highest BCUT2D eigenvalue weighted by Gasteiger charge is 2.18. The van der Waals surface area contributed by atoms with Gasteiger partial charge in [-0.1, -0.05) is 24.3 Å². The molecule has 0 aliphatic heterocycles. The van der Waals surface area contributed by atoms with Crippen molar-refractivity contribution in [2.75, 3.05) is 21.3 Å².